The van der Waals surface area contributed by atoms with E-state index in [-0.39, 0.29) is 18.1 Å². The first kappa shape index (κ1) is 15.0. The van der Waals surface area contributed by atoms with Crippen LogP contribution in [-0.2, 0) is 4.79 Å². The number of hydrogen-bond acceptors (Lipinski definition) is 2. The summed E-state index contributed by atoms with van der Waals surface area (Å²) >= 11 is 0. The lowest BCUT2D eigenvalue weighted by molar-refractivity contribution is -0.114. The van der Waals surface area contributed by atoms with Crippen LogP contribution in [0.4, 0.5) is 20.2 Å². The van der Waals surface area contributed by atoms with Crippen molar-refractivity contribution in [1.82, 2.24) is 0 Å². The van der Waals surface area contributed by atoms with Gasteiger partial charge in [0.2, 0.25) is 5.91 Å². The molecule has 0 saturated heterocycles. The van der Waals surface area contributed by atoms with E-state index < -0.39 is 11.6 Å². The molecule has 0 unspecified atom stereocenters. The lowest BCUT2D eigenvalue weighted by Crippen LogP contribution is -2.21. The number of benzene rings is 2. The Morgan fingerprint density at radius 1 is 0.952 bits per heavy atom. The summed E-state index contributed by atoms with van der Waals surface area (Å²) in [7, 11) is 0. The van der Waals surface area contributed by atoms with Crippen LogP contribution in [0.5, 0.6) is 0 Å². The van der Waals surface area contributed by atoms with Crippen LogP contribution < -0.4 is 10.6 Å². The Hall–Kier alpha value is -2.43. The minimum atomic E-state index is -0.991. The van der Waals surface area contributed by atoms with Crippen LogP contribution in [0.2, 0.25) is 0 Å². The van der Waals surface area contributed by atoms with Crippen LogP contribution in [0.3, 0.4) is 0 Å². The molecule has 2 aromatic carbocycles. The van der Waals surface area contributed by atoms with Gasteiger partial charge in [0.1, 0.15) is 0 Å². The van der Waals surface area contributed by atoms with Gasteiger partial charge in [0, 0.05) is 17.4 Å². The minimum Gasteiger partial charge on any atom is -0.376 e. The maximum absolute atomic E-state index is 13.0. The molecule has 0 aliphatic carbocycles. The normalized spacial score (nSPS) is 10.3. The van der Waals surface area contributed by atoms with Gasteiger partial charge in [-0.3, -0.25) is 4.79 Å². The fourth-order valence-corrected chi connectivity index (χ4v) is 1.81. The number of halogens is 2. The molecule has 2 N–H and O–H groups in total. The molecule has 21 heavy (non-hydrogen) atoms. The van der Waals surface area contributed by atoms with Crippen LogP contribution in [0.1, 0.15) is 11.1 Å². The smallest absolute Gasteiger partial charge is 0.243 e. The highest BCUT2D eigenvalue weighted by Gasteiger charge is 2.06. The third-order valence-corrected chi connectivity index (χ3v) is 3.16. The van der Waals surface area contributed by atoms with Crippen molar-refractivity contribution in [2.24, 2.45) is 0 Å². The molecule has 2 aromatic rings. The predicted molar refractivity (Wildman–Crippen MR) is 79.4 cm³/mol. The van der Waals surface area contributed by atoms with Crippen molar-refractivity contribution in [2.45, 2.75) is 13.8 Å². The number of amides is 1. The van der Waals surface area contributed by atoms with Gasteiger partial charge >= 0.3 is 0 Å². The monoisotopic (exact) mass is 290 g/mol. The molecule has 0 fully saturated rings. The Bertz CT molecular complexity index is 671. The molecule has 0 atom stereocenters. The van der Waals surface area contributed by atoms with Gasteiger partial charge in [-0.2, -0.15) is 0 Å². The summed E-state index contributed by atoms with van der Waals surface area (Å²) in [5.74, 6) is -2.27. The minimum absolute atomic E-state index is 0.0432. The number of carbonyl (C=O) groups is 1. The first-order chi connectivity index (χ1) is 9.95. The van der Waals surface area contributed by atoms with Crippen molar-refractivity contribution in [1.29, 1.82) is 0 Å². The summed E-state index contributed by atoms with van der Waals surface area (Å²) in [6.07, 6.45) is 0. The van der Waals surface area contributed by atoms with E-state index in [0.717, 1.165) is 23.4 Å². The highest BCUT2D eigenvalue weighted by molar-refractivity contribution is 5.93. The fourth-order valence-electron chi connectivity index (χ4n) is 1.81. The Labute approximate surface area is 122 Å². The maximum atomic E-state index is 13.0. The first-order valence-electron chi connectivity index (χ1n) is 6.52. The van der Waals surface area contributed by atoms with Gasteiger partial charge in [-0.05, 0) is 49.2 Å². The standard InChI is InChI=1S/C16H16F2N2O/c1-10-3-4-12(7-11(10)2)19-9-16(21)20-13-5-6-14(17)15(18)8-13/h3-8,19H,9H2,1-2H3,(H,20,21). The summed E-state index contributed by atoms with van der Waals surface area (Å²) in [5.41, 5.74) is 3.35. The van der Waals surface area contributed by atoms with Crippen LogP contribution in [0.25, 0.3) is 0 Å². The van der Waals surface area contributed by atoms with Crippen molar-refractivity contribution in [3.05, 3.63) is 59.2 Å². The first-order valence-corrected chi connectivity index (χ1v) is 6.52. The second kappa shape index (κ2) is 6.35. The molecule has 5 heteroatoms. The van der Waals surface area contributed by atoms with Crippen molar-refractivity contribution in [3.63, 3.8) is 0 Å². The third kappa shape index (κ3) is 4.02. The molecule has 2 rings (SSSR count). The Morgan fingerprint density at radius 2 is 1.67 bits per heavy atom. The van der Waals surface area contributed by atoms with Crippen molar-refractivity contribution in [3.8, 4) is 0 Å². The molecule has 0 aliphatic heterocycles. The van der Waals surface area contributed by atoms with Gasteiger partial charge in [-0.1, -0.05) is 6.07 Å². The number of anilines is 2. The second-order valence-electron chi connectivity index (χ2n) is 4.83. The van der Waals surface area contributed by atoms with E-state index >= 15 is 0 Å². The van der Waals surface area contributed by atoms with Gasteiger partial charge in [-0.25, -0.2) is 8.78 Å². The molecule has 0 spiro atoms. The van der Waals surface area contributed by atoms with Crippen molar-refractivity contribution >= 4 is 17.3 Å². The molecular weight excluding hydrogens is 274 g/mol. The van der Waals surface area contributed by atoms with E-state index in [0.29, 0.717) is 0 Å². The van der Waals surface area contributed by atoms with Crippen LogP contribution in [0, 0.1) is 25.5 Å². The summed E-state index contributed by atoms with van der Waals surface area (Å²) in [6, 6.07) is 9.02. The zero-order chi connectivity index (χ0) is 15.4. The average Bonchev–Trinajstić information content (AvgIpc) is 2.44. The Kier molecular flexibility index (Phi) is 4.52. The van der Waals surface area contributed by atoms with E-state index in [4.69, 9.17) is 0 Å². The Balaban J connectivity index is 1.92. The molecule has 110 valence electrons. The Morgan fingerprint density at radius 3 is 2.33 bits per heavy atom. The van der Waals surface area contributed by atoms with Crippen LogP contribution >= 0.6 is 0 Å². The predicted octanol–water partition coefficient (Wildman–Crippen LogP) is 3.63. The van der Waals surface area contributed by atoms with Gasteiger partial charge in [0.05, 0.1) is 6.54 Å². The molecule has 0 bridgehead atoms. The lowest BCUT2D eigenvalue weighted by Gasteiger charge is -2.09. The van der Waals surface area contributed by atoms with Crippen molar-refractivity contribution in [2.75, 3.05) is 17.2 Å². The van der Waals surface area contributed by atoms with Crippen molar-refractivity contribution < 1.29 is 13.6 Å². The topological polar surface area (TPSA) is 41.1 Å². The SMILES string of the molecule is Cc1ccc(NCC(=O)Nc2ccc(F)c(F)c2)cc1C. The van der Waals surface area contributed by atoms with Gasteiger partial charge in [0.15, 0.2) is 11.6 Å². The fraction of sp³-hybridized carbons (Fsp3) is 0.188. The number of nitrogens with one attached hydrogen (secondary N) is 2. The number of rotatable bonds is 4. The largest absolute Gasteiger partial charge is 0.376 e. The van der Waals surface area contributed by atoms with E-state index in [9.17, 15) is 13.6 Å². The molecular formula is C16H16F2N2O. The third-order valence-electron chi connectivity index (χ3n) is 3.16. The van der Waals surface area contributed by atoms with E-state index in [1.807, 2.05) is 32.0 Å². The number of hydrogen-bond donors (Lipinski definition) is 2. The van der Waals surface area contributed by atoms with Gasteiger partial charge in [0.25, 0.3) is 0 Å². The van der Waals surface area contributed by atoms with Gasteiger partial charge < -0.3 is 10.6 Å². The zero-order valence-corrected chi connectivity index (χ0v) is 11.8. The van der Waals surface area contributed by atoms with Crippen LogP contribution in [-0.4, -0.2) is 12.5 Å². The quantitative estimate of drug-likeness (QED) is 0.902. The van der Waals surface area contributed by atoms with E-state index in [1.54, 1.807) is 0 Å². The summed E-state index contributed by atoms with van der Waals surface area (Å²) in [6.45, 7) is 4.04. The van der Waals surface area contributed by atoms with Crippen LogP contribution in [0.15, 0.2) is 36.4 Å². The lowest BCUT2D eigenvalue weighted by atomic mass is 10.1. The van der Waals surface area contributed by atoms with E-state index in [1.165, 1.54) is 11.6 Å². The highest BCUT2D eigenvalue weighted by atomic mass is 19.2. The van der Waals surface area contributed by atoms with Gasteiger partial charge in [-0.15, -0.1) is 0 Å². The second-order valence-corrected chi connectivity index (χ2v) is 4.83. The molecule has 0 saturated carbocycles. The molecule has 0 heterocycles. The molecule has 0 aromatic heterocycles. The molecule has 0 aliphatic rings. The summed E-state index contributed by atoms with van der Waals surface area (Å²) in [5, 5.41) is 5.48. The summed E-state index contributed by atoms with van der Waals surface area (Å²) < 4.78 is 25.8. The summed E-state index contributed by atoms with van der Waals surface area (Å²) in [4.78, 5) is 11.7. The highest BCUT2D eigenvalue weighted by Crippen LogP contribution is 2.15. The average molecular weight is 290 g/mol. The number of aryl methyl sites for hydroxylation is 2. The maximum Gasteiger partial charge on any atom is 0.243 e. The molecule has 1 amide bonds. The number of carbonyl (C=O) groups excluding carboxylic acids is 1. The zero-order valence-electron chi connectivity index (χ0n) is 11.8. The van der Waals surface area contributed by atoms with E-state index in [2.05, 4.69) is 10.6 Å². The molecule has 0 radical (unpaired) electrons. The molecule has 3 nitrogen and oxygen atoms in total.